The third-order valence-corrected chi connectivity index (χ3v) is 6.32. The Morgan fingerprint density at radius 1 is 1.31 bits per heavy atom. The molecule has 10 nitrogen and oxygen atoms in total. The fourth-order valence-electron chi connectivity index (χ4n) is 3.76. The highest BCUT2D eigenvalue weighted by Crippen LogP contribution is 2.27. The van der Waals surface area contributed by atoms with Crippen LogP contribution in [0.1, 0.15) is 40.5 Å². The Bertz CT molecular complexity index is 1030. The summed E-state index contributed by atoms with van der Waals surface area (Å²) < 4.78 is 12.7. The Labute approximate surface area is 210 Å². The Hall–Kier alpha value is -3.10. The molecule has 35 heavy (non-hydrogen) atoms. The van der Waals surface area contributed by atoms with Crippen molar-refractivity contribution in [3.63, 3.8) is 0 Å². The number of aromatic nitrogens is 4. The predicted molar refractivity (Wildman–Crippen MR) is 131 cm³/mol. The summed E-state index contributed by atoms with van der Waals surface area (Å²) in [7, 11) is 0. The first-order valence-electron chi connectivity index (χ1n) is 11.5. The van der Waals surface area contributed by atoms with Gasteiger partial charge >= 0.3 is 6.09 Å². The Kier molecular flexibility index (Phi) is 9.12. The predicted octanol–water partition coefficient (Wildman–Crippen LogP) is 2.75. The molecule has 1 fully saturated rings. The van der Waals surface area contributed by atoms with Crippen LogP contribution in [-0.2, 0) is 20.8 Å². The van der Waals surface area contributed by atoms with Gasteiger partial charge in [-0.15, -0.1) is 11.5 Å². The first-order valence-corrected chi connectivity index (χ1v) is 12.3. The summed E-state index contributed by atoms with van der Waals surface area (Å²) in [5, 5.41) is 15.4. The van der Waals surface area contributed by atoms with Gasteiger partial charge < -0.3 is 19.7 Å². The maximum absolute atomic E-state index is 13.6. The quantitative estimate of drug-likeness (QED) is 0.523. The summed E-state index contributed by atoms with van der Waals surface area (Å²) in [5.41, 5.74) is -0.705. The minimum Gasteiger partial charge on any atom is -0.444 e. The third-order valence-electron chi connectivity index (χ3n) is 5.33. The fourth-order valence-corrected chi connectivity index (χ4v) is 4.56. The topological polar surface area (TPSA) is 111 Å². The van der Waals surface area contributed by atoms with Crippen LogP contribution in [-0.4, -0.2) is 74.0 Å². The van der Waals surface area contributed by atoms with Crippen LogP contribution in [0.4, 0.5) is 4.79 Å². The molecule has 0 spiro atoms. The number of ether oxygens (including phenoxy) is 2. The lowest BCUT2D eigenvalue weighted by Crippen LogP contribution is -2.56. The largest absolute Gasteiger partial charge is 0.444 e. The second kappa shape index (κ2) is 12.0. The first-order chi connectivity index (χ1) is 16.7. The monoisotopic (exact) mass is 500 g/mol. The van der Waals surface area contributed by atoms with Crippen LogP contribution in [0.5, 0.6) is 0 Å². The van der Waals surface area contributed by atoms with Crippen LogP contribution < -0.4 is 5.32 Å². The Morgan fingerprint density at radius 2 is 2.06 bits per heavy atom. The van der Waals surface area contributed by atoms with Gasteiger partial charge in [0.2, 0.25) is 11.1 Å². The van der Waals surface area contributed by atoms with Crippen molar-refractivity contribution in [2.24, 2.45) is 0 Å². The zero-order chi connectivity index (χ0) is 25.4. The number of carbonyl (C=O) groups excluding carboxylic acids is 2. The highest BCUT2D eigenvalue weighted by atomic mass is 32.2. The highest BCUT2D eigenvalue weighted by Gasteiger charge is 2.38. The van der Waals surface area contributed by atoms with Gasteiger partial charge in [-0.25, -0.2) is 9.48 Å². The number of nitrogens with zero attached hydrogens (tertiary/aromatic N) is 5. The van der Waals surface area contributed by atoms with E-state index in [4.69, 9.17) is 15.9 Å². The lowest BCUT2D eigenvalue weighted by Gasteiger charge is -2.32. The van der Waals surface area contributed by atoms with Crippen LogP contribution in [0.15, 0.2) is 40.4 Å². The van der Waals surface area contributed by atoms with E-state index >= 15 is 0 Å². The summed E-state index contributed by atoms with van der Waals surface area (Å²) in [6, 6.07) is 8.74. The van der Waals surface area contributed by atoms with E-state index < -0.39 is 23.8 Å². The molecule has 2 aromatic rings. The van der Waals surface area contributed by atoms with Crippen molar-refractivity contribution in [1.82, 2.24) is 30.4 Å². The molecule has 3 rings (SSSR count). The van der Waals surface area contributed by atoms with Gasteiger partial charge in [0.15, 0.2) is 0 Å². The molecule has 1 aromatic heterocycles. The molecule has 0 bridgehead atoms. The van der Waals surface area contributed by atoms with Gasteiger partial charge in [-0.3, -0.25) is 4.79 Å². The second-order valence-electron chi connectivity index (χ2n) is 9.23. The summed E-state index contributed by atoms with van der Waals surface area (Å²) >= 11 is 1.46. The van der Waals surface area contributed by atoms with E-state index in [0.29, 0.717) is 18.2 Å². The van der Waals surface area contributed by atoms with Crippen molar-refractivity contribution >= 4 is 23.8 Å². The molecule has 1 aliphatic heterocycles. The van der Waals surface area contributed by atoms with E-state index in [9.17, 15) is 9.59 Å². The maximum Gasteiger partial charge on any atom is 0.408 e. The third kappa shape index (κ3) is 7.70. The van der Waals surface area contributed by atoms with Gasteiger partial charge in [0, 0.05) is 11.4 Å². The van der Waals surface area contributed by atoms with Gasteiger partial charge in [-0.1, -0.05) is 24.1 Å². The Morgan fingerprint density at radius 3 is 2.74 bits per heavy atom. The second-order valence-corrected chi connectivity index (χ2v) is 10.3. The molecule has 1 N–H and O–H groups in total. The van der Waals surface area contributed by atoms with Crippen LogP contribution in [0.2, 0.25) is 0 Å². The molecule has 3 atom stereocenters. The average Bonchev–Trinajstić information content (AvgIpc) is 3.45. The molecule has 0 saturated carbocycles. The minimum absolute atomic E-state index is 0.0229. The van der Waals surface area contributed by atoms with Gasteiger partial charge in [0.1, 0.15) is 18.2 Å². The van der Waals surface area contributed by atoms with Crippen molar-refractivity contribution in [2.45, 2.75) is 80.9 Å². The van der Waals surface area contributed by atoms with Gasteiger partial charge in [0.05, 0.1) is 18.7 Å². The zero-order valence-electron chi connectivity index (χ0n) is 20.5. The Balaban J connectivity index is 1.73. The molecular weight excluding hydrogens is 468 g/mol. The van der Waals surface area contributed by atoms with Crippen LogP contribution in [0, 0.1) is 12.3 Å². The van der Waals surface area contributed by atoms with Gasteiger partial charge in [0.25, 0.3) is 0 Å². The number of likely N-dealkylation sites (tertiary alicyclic amines) is 1. The zero-order valence-corrected chi connectivity index (χ0v) is 21.3. The summed E-state index contributed by atoms with van der Waals surface area (Å²) in [5.74, 6) is 2.14. The minimum atomic E-state index is -0.953. The average molecular weight is 501 g/mol. The molecule has 188 valence electrons. The summed E-state index contributed by atoms with van der Waals surface area (Å²) in [6.07, 6.45) is 5.61. The number of nitrogens with one attached hydrogen (secondary N) is 1. The number of terminal acetylenes is 1. The molecule has 1 aromatic carbocycles. The number of hydrogen-bond donors (Lipinski definition) is 1. The SMILES string of the molecule is C#CCOC(C)[C@H](NC(=O)OC(C)(C)C)C(=O)N1CCC[C@H]1Cn1nnnc1Sc1ccccc1. The normalized spacial score (nSPS) is 17.5. The van der Waals surface area contributed by atoms with E-state index in [1.165, 1.54) is 11.8 Å². The lowest BCUT2D eigenvalue weighted by molar-refractivity contribution is -0.138. The molecule has 1 saturated heterocycles. The number of rotatable bonds is 9. The maximum atomic E-state index is 13.6. The van der Waals surface area contributed by atoms with Crippen molar-refractivity contribution in [3.05, 3.63) is 30.3 Å². The summed E-state index contributed by atoms with van der Waals surface area (Å²) in [6.45, 7) is 8.00. The molecule has 0 radical (unpaired) electrons. The van der Waals surface area contributed by atoms with E-state index in [2.05, 4.69) is 26.8 Å². The molecule has 1 aliphatic rings. The fraction of sp³-hybridized carbons (Fsp3) is 0.542. The van der Waals surface area contributed by atoms with E-state index in [1.807, 2.05) is 30.3 Å². The number of benzene rings is 1. The van der Waals surface area contributed by atoms with Crippen molar-refractivity contribution in [3.8, 4) is 12.3 Å². The smallest absolute Gasteiger partial charge is 0.408 e. The van der Waals surface area contributed by atoms with E-state index in [0.717, 1.165) is 17.7 Å². The molecule has 11 heteroatoms. The molecule has 2 amide bonds. The van der Waals surface area contributed by atoms with Crippen molar-refractivity contribution < 1.29 is 19.1 Å². The lowest BCUT2D eigenvalue weighted by atomic mass is 10.1. The van der Waals surface area contributed by atoms with E-state index in [1.54, 1.807) is 37.3 Å². The number of amides is 2. The summed E-state index contributed by atoms with van der Waals surface area (Å²) in [4.78, 5) is 28.9. The van der Waals surface area contributed by atoms with Gasteiger partial charge in [-0.05, 0) is 74.9 Å². The standard InChI is InChI=1S/C24H32N6O4S/c1-6-15-33-17(2)20(25-23(32)34-24(3,4)5)21(31)29-14-10-11-18(29)16-30-22(26-27-28-30)35-19-12-8-7-9-13-19/h1,7-9,12-13,17-18,20H,10-11,14-16H2,2-5H3,(H,25,32)/t17?,18-,20-/m0/s1. The molecular formula is C24H32N6O4S. The van der Waals surface area contributed by atoms with Gasteiger partial charge in [-0.2, -0.15) is 0 Å². The van der Waals surface area contributed by atoms with Crippen molar-refractivity contribution in [2.75, 3.05) is 13.2 Å². The van der Waals surface area contributed by atoms with Crippen LogP contribution in [0.3, 0.4) is 0 Å². The molecule has 0 aliphatic carbocycles. The molecule has 2 heterocycles. The highest BCUT2D eigenvalue weighted by molar-refractivity contribution is 7.99. The molecule has 1 unspecified atom stereocenters. The number of hydrogen-bond acceptors (Lipinski definition) is 8. The van der Waals surface area contributed by atoms with E-state index in [-0.39, 0.29) is 18.6 Å². The number of carbonyl (C=O) groups is 2. The van der Waals surface area contributed by atoms with Crippen LogP contribution in [0.25, 0.3) is 0 Å². The van der Waals surface area contributed by atoms with Crippen LogP contribution >= 0.6 is 11.8 Å². The number of tetrazole rings is 1. The first kappa shape index (κ1) is 26.5. The number of alkyl carbamates (subject to hydrolysis) is 1. The van der Waals surface area contributed by atoms with Crippen molar-refractivity contribution in [1.29, 1.82) is 0 Å².